The number of ether oxygens (including phenoxy) is 1. The van der Waals surface area contributed by atoms with E-state index in [1.165, 1.54) is 6.07 Å². The summed E-state index contributed by atoms with van der Waals surface area (Å²) in [7, 11) is 0. The van der Waals surface area contributed by atoms with Gasteiger partial charge >= 0.3 is 0 Å². The van der Waals surface area contributed by atoms with Gasteiger partial charge in [0.2, 0.25) is 0 Å². The van der Waals surface area contributed by atoms with Gasteiger partial charge in [-0.3, -0.25) is 0 Å². The molecule has 0 amide bonds. The number of halogens is 3. The quantitative estimate of drug-likeness (QED) is 0.794. The molecule has 14 heavy (non-hydrogen) atoms. The molecule has 1 aliphatic rings. The molecule has 1 aromatic rings. The van der Waals surface area contributed by atoms with Crippen molar-refractivity contribution in [2.24, 2.45) is 5.73 Å². The highest BCUT2D eigenvalue weighted by molar-refractivity contribution is 9.10. The number of hydrogen-bond acceptors (Lipinski definition) is 2. The molecular formula is C9H10BrClFNO. The molecular weight excluding hydrogens is 272 g/mol. The molecule has 2 N–H and O–H groups in total. The minimum absolute atomic E-state index is 0. The van der Waals surface area contributed by atoms with Crippen molar-refractivity contribution in [1.29, 1.82) is 0 Å². The lowest BCUT2D eigenvalue weighted by molar-refractivity contribution is 0.262. The largest absolute Gasteiger partial charge is 0.492 e. The van der Waals surface area contributed by atoms with Crippen LogP contribution in [0.25, 0.3) is 0 Å². The Kier molecular flexibility index (Phi) is 3.75. The van der Waals surface area contributed by atoms with Gasteiger partial charge in [-0.2, -0.15) is 0 Å². The van der Waals surface area contributed by atoms with Crippen LogP contribution in [0.15, 0.2) is 16.6 Å². The summed E-state index contributed by atoms with van der Waals surface area (Å²) in [5, 5.41) is 0. The second-order valence-electron chi connectivity index (χ2n) is 3.02. The Morgan fingerprint density at radius 3 is 2.86 bits per heavy atom. The lowest BCUT2D eigenvalue weighted by atomic mass is 10.0. The van der Waals surface area contributed by atoms with Crippen molar-refractivity contribution in [3.05, 3.63) is 28.0 Å². The Labute approximate surface area is 96.2 Å². The molecule has 0 aromatic heterocycles. The normalized spacial score (nSPS) is 19.2. The van der Waals surface area contributed by atoms with E-state index in [0.29, 0.717) is 24.3 Å². The summed E-state index contributed by atoms with van der Waals surface area (Å²) in [6.45, 7) is 0.552. The molecule has 1 atom stereocenters. The summed E-state index contributed by atoms with van der Waals surface area (Å²) in [5.41, 5.74) is 6.26. The highest BCUT2D eigenvalue weighted by Gasteiger charge is 2.23. The van der Waals surface area contributed by atoms with Crippen LogP contribution in [0, 0.1) is 5.82 Å². The predicted octanol–water partition coefficient (Wildman–Crippen LogP) is 2.79. The van der Waals surface area contributed by atoms with E-state index in [-0.39, 0.29) is 24.3 Å². The van der Waals surface area contributed by atoms with Crippen molar-refractivity contribution in [2.45, 2.75) is 12.5 Å². The zero-order chi connectivity index (χ0) is 9.42. The van der Waals surface area contributed by atoms with Crippen LogP contribution in [0.3, 0.4) is 0 Å². The van der Waals surface area contributed by atoms with Crippen molar-refractivity contribution in [1.82, 2.24) is 0 Å². The van der Waals surface area contributed by atoms with Crippen LogP contribution >= 0.6 is 28.3 Å². The van der Waals surface area contributed by atoms with Crippen molar-refractivity contribution in [2.75, 3.05) is 6.61 Å². The van der Waals surface area contributed by atoms with Gasteiger partial charge in [0.1, 0.15) is 11.6 Å². The number of nitrogens with two attached hydrogens (primary N) is 1. The van der Waals surface area contributed by atoms with E-state index < -0.39 is 0 Å². The van der Waals surface area contributed by atoms with E-state index in [9.17, 15) is 4.39 Å². The first-order valence-corrected chi connectivity index (χ1v) is 4.85. The maximum atomic E-state index is 13.3. The van der Waals surface area contributed by atoms with Crippen molar-refractivity contribution in [3.8, 4) is 5.75 Å². The third kappa shape index (κ3) is 1.87. The van der Waals surface area contributed by atoms with Gasteiger partial charge in [0.05, 0.1) is 11.1 Å². The second kappa shape index (κ2) is 4.47. The molecule has 5 heteroatoms. The Morgan fingerprint density at radius 2 is 2.21 bits per heavy atom. The van der Waals surface area contributed by atoms with E-state index in [2.05, 4.69) is 15.9 Å². The van der Waals surface area contributed by atoms with Crippen molar-refractivity contribution >= 4 is 28.3 Å². The van der Waals surface area contributed by atoms with E-state index >= 15 is 0 Å². The second-order valence-corrected chi connectivity index (χ2v) is 3.87. The van der Waals surface area contributed by atoms with Gasteiger partial charge in [-0.25, -0.2) is 4.39 Å². The summed E-state index contributed by atoms with van der Waals surface area (Å²) in [4.78, 5) is 0. The van der Waals surface area contributed by atoms with E-state index in [1.54, 1.807) is 6.07 Å². The fourth-order valence-electron chi connectivity index (χ4n) is 1.47. The SMILES string of the molecule is Cl.N[C@@H]1CCOc2c(Br)ccc(F)c21. The third-order valence-corrected chi connectivity index (χ3v) is 2.77. The van der Waals surface area contributed by atoms with E-state index in [4.69, 9.17) is 10.5 Å². The average molecular weight is 283 g/mol. The van der Waals surface area contributed by atoms with Gasteiger partial charge < -0.3 is 10.5 Å². The van der Waals surface area contributed by atoms with Crippen LogP contribution in [0.2, 0.25) is 0 Å². The summed E-state index contributed by atoms with van der Waals surface area (Å²) < 4.78 is 19.4. The van der Waals surface area contributed by atoms with Crippen LogP contribution < -0.4 is 10.5 Å². The first-order chi connectivity index (χ1) is 6.20. The number of hydrogen-bond donors (Lipinski definition) is 1. The topological polar surface area (TPSA) is 35.2 Å². The lowest BCUT2D eigenvalue weighted by Gasteiger charge is -2.24. The average Bonchev–Trinajstić information content (AvgIpc) is 2.12. The Bertz CT molecular complexity index is 348. The molecule has 1 heterocycles. The van der Waals surface area contributed by atoms with Gasteiger partial charge in [0.25, 0.3) is 0 Å². The van der Waals surface area contributed by atoms with Gasteiger partial charge in [-0.1, -0.05) is 0 Å². The fourth-order valence-corrected chi connectivity index (χ4v) is 1.93. The summed E-state index contributed by atoms with van der Waals surface area (Å²) in [5.74, 6) is 0.268. The molecule has 1 aliphatic heterocycles. The fraction of sp³-hybridized carbons (Fsp3) is 0.333. The van der Waals surface area contributed by atoms with Crippen LogP contribution in [0.4, 0.5) is 4.39 Å². The first-order valence-electron chi connectivity index (χ1n) is 4.06. The molecule has 0 radical (unpaired) electrons. The minimum Gasteiger partial charge on any atom is -0.492 e. The molecule has 0 spiro atoms. The molecule has 78 valence electrons. The summed E-state index contributed by atoms with van der Waals surface area (Å²) in [6.07, 6.45) is 0.667. The molecule has 2 rings (SSSR count). The number of fused-ring (bicyclic) bond motifs is 1. The zero-order valence-corrected chi connectivity index (χ0v) is 9.70. The standard InChI is InChI=1S/C9H9BrFNO.ClH/c10-5-1-2-6(11)8-7(12)3-4-13-9(5)8;/h1-2,7H,3-4,12H2;1H/t7-;/m1./s1. The van der Waals surface area contributed by atoms with Crippen LogP contribution in [0.1, 0.15) is 18.0 Å². The lowest BCUT2D eigenvalue weighted by Crippen LogP contribution is -2.22. The molecule has 2 nitrogen and oxygen atoms in total. The summed E-state index contributed by atoms with van der Waals surface area (Å²) in [6, 6.07) is 2.78. The molecule has 0 bridgehead atoms. The zero-order valence-electron chi connectivity index (χ0n) is 7.30. The van der Waals surface area contributed by atoms with E-state index in [1.807, 2.05) is 0 Å². The maximum absolute atomic E-state index is 13.3. The van der Waals surface area contributed by atoms with Gasteiger partial charge in [0, 0.05) is 18.0 Å². The number of benzene rings is 1. The highest BCUT2D eigenvalue weighted by Crippen LogP contribution is 2.38. The Morgan fingerprint density at radius 1 is 1.50 bits per heavy atom. The third-order valence-electron chi connectivity index (χ3n) is 2.14. The number of rotatable bonds is 0. The van der Waals surface area contributed by atoms with Crippen LogP contribution in [-0.4, -0.2) is 6.61 Å². The first kappa shape index (κ1) is 11.8. The molecule has 0 fully saturated rings. The smallest absolute Gasteiger partial charge is 0.141 e. The van der Waals surface area contributed by atoms with Gasteiger partial charge in [0.15, 0.2) is 0 Å². The van der Waals surface area contributed by atoms with Crippen molar-refractivity contribution in [3.63, 3.8) is 0 Å². The van der Waals surface area contributed by atoms with Crippen LogP contribution in [0.5, 0.6) is 5.75 Å². The van der Waals surface area contributed by atoms with E-state index in [0.717, 1.165) is 4.47 Å². The van der Waals surface area contributed by atoms with Gasteiger partial charge in [-0.05, 0) is 28.1 Å². The Hall–Kier alpha value is -0.320. The Balaban J connectivity index is 0.000000980. The van der Waals surface area contributed by atoms with Crippen molar-refractivity contribution < 1.29 is 9.13 Å². The molecule has 0 unspecified atom stereocenters. The monoisotopic (exact) mass is 281 g/mol. The molecule has 0 aliphatic carbocycles. The maximum Gasteiger partial charge on any atom is 0.141 e. The molecule has 1 aromatic carbocycles. The summed E-state index contributed by atoms with van der Waals surface area (Å²) >= 11 is 3.30. The highest BCUT2D eigenvalue weighted by atomic mass is 79.9. The van der Waals surface area contributed by atoms with Gasteiger partial charge in [-0.15, -0.1) is 12.4 Å². The predicted molar refractivity (Wildman–Crippen MR) is 58.4 cm³/mol. The molecule has 0 saturated heterocycles. The minimum atomic E-state index is -0.287. The molecule has 0 saturated carbocycles. The van der Waals surface area contributed by atoms with Crippen LogP contribution in [-0.2, 0) is 0 Å².